The molecule has 9 heteroatoms. The Labute approximate surface area is 171 Å². The summed E-state index contributed by atoms with van der Waals surface area (Å²) < 4.78 is 20.2. The number of tetrazole rings is 1. The van der Waals surface area contributed by atoms with Gasteiger partial charge in [0.05, 0.1) is 13.7 Å². The van der Waals surface area contributed by atoms with Gasteiger partial charge in [0.15, 0.2) is 0 Å². The van der Waals surface area contributed by atoms with Crippen LogP contribution < -0.4 is 10.1 Å². The van der Waals surface area contributed by atoms with E-state index in [4.69, 9.17) is 4.74 Å². The number of halogens is 1. The Morgan fingerprint density at radius 3 is 2.62 bits per heavy atom. The number of aromatic nitrogens is 4. The smallest absolute Gasteiger partial charge is 0.238 e. The van der Waals surface area contributed by atoms with Gasteiger partial charge in [-0.15, -0.1) is 5.10 Å². The second-order valence-corrected chi connectivity index (χ2v) is 7.87. The number of nitrogens with zero attached hydrogens (tertiary/aromatic N) is 4. The molecule has 4 rings (SSSR count). The van der Waals surface area contributed by atoms with E-state index in [1.54, 1.807) is 23.9 Å². The van der Waals surface area contributed by atoms with Crippen LogP contribution in [-0.2, 0) is 11.3 Å². The van der Waals surface area contributed by atoms with Crippen LogP contribution in [-0.4, -0.2) is 39.3 Å². The highest BCUT2D eigenvalue weighted by molar-refractivity contribution is 8.00. The summed E-state index contributed by atoms with van der Waals surface area (Å²) >= 11 is 1.25. The molecule has 3 aromatic rings. The highest BCUT2D eigenvalue weighted by Gasteiger charge is 2.30. The minimum atomic E-state index is -0.572. The van der Waals surface area contributed by atoms with Gasteiger partial charge in [-0.3, -0.25) is 4.79 Å². The van der Waals surface area contributed by atoms with Gasteiger partial charge in [-0.05, 0) is 58.7 Å². The first-order valence-corrected chi connectivity index (χ1v) is 10.1. The van der Waals surface area contributed by atoms with Gasteiger partial charge in [-0.25, -0.2) is 9.07 Å². The zero-order chi connectivity index (χ0) is 20.2. The molecule has 0 radical (unpaired) electrons. The molecule has 0 saturated heterocycles. The van der Waals surface area contributed by atoms with Gasteiger partial charge in [-0.2, -0.15) is 0 Å². The maximum atomic E-state index is 13.4. The van der Waals surface area contributed by atoms with Crippen molar-refractivity contribution >= 4 is 17.7 Å². The lowest BCUT2D eigenvalue weighted by molar-refractivity contribution is -0.120. The number of ether oxygens (including phenoxy) is 1. The van der Waals surface area contributed by atoms with Crippen LogP contribution in [0.2, 0.25) is 0 Å². The summed E-state index contributed by atoms with van der Waals surface area (Å²) in [6, 6.07) is 13.8. The number of amides is 1. The molecule has 7 nitrogen and oxygen atoms in total. The summed E-state index contributed by atoms with van der Waals surface area (Å²) in [6.07, 6.45) is 1.98. The van der Waals surface area contributed by atoms with Gasteiger partial charge in [-0.1, -0.05) is 36.0 Å². The second kappa shape index (κ2) is 8.60. The topological polar surface area (TPSA) is 81.9 Å². The van der Waals surface area contributed by atoms with Crippen molar-refractivity contribution in [2.75, 3.05) is 7.11 Å². The summed E-state index contributed by atoms with van der Waals surface area (Å²) in [4.78, 5) is 12.8. The molecule has 1 amide bonds. The van der Waals surface area contributed by atoms with Gasteiger partial charge in [0.2, 0.25) is 11.1 Å². The molecular formula is C20H20FN5O2S. The summed E-state index contributed by atoms with van der Waals surface area (Å²) in [5, 5.41) is 14.9. The van der Waals surface area contributed by atoms with Gasteiger partial charge >= 0.3 is 0 Å². The number of nitrogens with one attached hydrogen (secondary N) is 1. The molecule has 1 aromatic heterocycles. The van der Waals surface area contributed by atoms with E-state index < -0.39 is 5.25 Å². The zero-order valence-corrected chi connectivity index (χ0v) is 16.6. The van der Waals surface area contributed by atoms with E-state index >= 15 is 0 Å². The van der Waals surface area contributed by atoms with Crippen LogP contribution in [0.15, 0.2) is 53.7 Å². The van der Waals surface area contributed by atoms with Crippen LogP contribution in [0.3, 0.4) is 0 Å². The highest BCUT2D eigenvalue weighted by atomic mass is 32.2. The first-order chi connectivity index (χ1) is 14.1. The summed E-state index contributed by atoms with van der Waals surface area (Å²) in [5.74, 6) is 0.306. The molecule has 2 aromatic carbocycles. The van der Waals surface area contributed by atoms with Gasteiger partial charge < -0.3 is 10.1 Å². The van der Waals surface area contributed by atoms with E-state index in [0.29, 0.717) is 17.3 Å². The van der Waals surface area contributed by atoms with Gasteiger partial charge in [0, 0.05) is 6.04 Å². The van der Waals surface area contributed by atoms with E-state index in [2.05, 4.69) is 20.8 Å². The number of hydrogen-bond donors (Lipinski definition) is 1. The number of thioether (sulfide) groups is 1. The van der Waals surface area contributed by atoms with Crippen LogP contribution in [0.25, 0.3) is 0 Å². The van der Waals surface area contributed by atoms with Crippen molar-refractivity contribution in [3.05, 3.63) is 65.5 Å². The molecule has 1 aliphatic rings. The molecule has 1 saturated carbocycles. The molecule has 1 heterocycles. The lowest BCUT2D eigenvalue weighted by atomic mass is 10.1. The number of benzene rings is 2. The Kier molecular flexibility index (Phi) is 5.75. The number of rotatable bonds is 8. The molecule has 1 atom stereocenters. The lowest BCUT2D eigenvalue weighted by Gasteiger charge is -2.16. The number of carbonyl (C=O) groups excluding carboxylic acids is 1. The quantitative estimate of drug-likeness (QED) is 0.572. The first-order valence-electron chi connectivity index (χ1n) is 9.24. The Morgan fingerprint density at radius 2 is 1.97 bits per heavy atom. The van der Waals surface area contributed by atoms with E-state index in [9.17, 15) is 9.18 Å². The lowest BCUT2D eigenvalue weighted by Crippen LogP contribution is -2.30. The zero-order valence-electron chi connectivity index (χ0n) is 15.8. The molecule has 0 spiro atoms. The Balaban J connectivity index is 1.54. The van der Waals surface area contributed by atoms with Crippen LogP contribution >= 0.6 is 11.8 Å². The first kappa shape index (κ1) is 19.4. The van der Waals surface area contributed by atoms with Crippen molar-refractivity contribution in [3.63, 3.8) is 0 Å². The largest absolute Gasteiger partial charge is 0.497 e. The van der Waals surface area contributed by atoms with Crippen LogP contribution in [0.4, 0.5) is 4.39 Å². The predicted molar refractivity (Wildman–Crippen MR) is 106 cm³/mol. The molecule has 0 aliphatic heterocycles. The average Bonchev–Trinajstić information content (AvgIpc) is 3.44. The van der Waals surface area contributed by atoms with Crippen LogP contribution in [0, 0.1) is 5.82 Å². The summed E-state index contributed by atoms with van der Waals surface area (Å²) in [5.41, 5.74) is 1.70. The van der Waals surface area contributed by atoms with Crippen molar-refractivity contribution in [3.8, 4) is 5.75 Å². The monoisotopic (exact) mass is 413 g/mol. The predicted octanol–water partition coefficient (Wildman–Crippen LogP) is 2.98. The van der Waals surface area contributed by atoms with Crippen LogP contribution in [0.1, 0.15) is 29.2 Å². The number of carbonyl (C=O) groups is 1. The number of methoxy groups -OCH3 is 1. The van der Waals surface area contributed by atoms with Crippen LogP contribution in [0.5, 0.6) is 5.75 Å². The molecule has 150 valence electrons. The fourth-order valence-corrected chi connectivity index (χ4v) is 3.79. The summed E-state index contributed by atoms with van der Waals surface area (Å²) in [7, 11) is 1.62. The van der Waals surface area contributed by atoms with Crippen molar-refractivity contribution in [1.82, 2.24) is 25.5 Å². The molecule has 1 aliphatic carbocycles. The molecule has 1 fully saturated rings. The molecule has 1 N–H and O–H groups in total. The maximum absolute atomic E-state index is 13.4. The maximum Gasteiger partial charge on any atom is 0.238 e. The standard InChI is InChI=1S/C20H20FN5O2S/c1-28-17-10-2-13(3-11-17)12-26-20(23-24-25-26)29-18(19(27)22-16-8-9-16)14-4-6-15(21)7-5-14/h2-7,10-11,16,18H,8-9,12H2,1H3,(H,22,27)/t18-/m0/s1. The highest BCUT2D eigenvalue weighted by Crippen LogP contribution is 2.35. The van der Waals surface area contributed by atoms with Gasteiger partial charge in [0.25, 0.3) is 0 Å². The molecular weight excluding hydrogens is 393 g/mol. The normalized spacial score (nSPS) is 14.4. The molecule has 0 bridgehead atoms. The fraction of sp³-hybridized carbons (Fsp3) is 0.300. The van der Waals surface area contributed by atoms with Gasteiger partial charge in [0.1, 0.15) is 16.8 Å². The third kappa shape index (κ3) is 4.92. The minimum Gasteiger partial charge on any atom is -0.497 e. The summed E-state index contributed by atoms with van der Waals surface area (Å²) in [6.45, 7) is 0.458. The van der Waals surface area contributed by atoms with Crippen molar-refractivity contribution in [2.24, 2.45) is 0 Å². The van der Waals surface area contributed by atoms with Crippen molar-refractivity contribution in [2.45, 2.75) is 35.8 Å². The second-order valence-electron chi connectivity index (χ2n) is 6.80. The third-order valence-electron chi connectivity index (χ3n) is 4.55. The Hall–Kier alpha value is -2.94. The Bertz CT molecular complexity index is 973. The average molecular weight is 413 g/mol. The van der Waals surface area contributed by atoms with Crippen molar-refractivity contribution < 1.29 is 13.9 Å². The molecule has 0 unspecified atom stereocenters. The molecule has 29 heavy (non-hydrogen) atoms. The van der Waals surface area contributed by atoms with E-state index in [1.807, 2.05) is 24.3 Å². The fourth-order valence-electron chi connectivity index (χ4n) is 2.80. The minimum absolute atomic E-state index is 0.122. The Morgan fingerprint density at radius 1 is 1.24 bits per heavy atom. The van der Waals surface area contributed by atoms with E-state index in [1.165, 1.54) is 23.9 Å². The van der Waals surface area contributed by atoms with E-state index in [-0.39, 0.29) is 17.8 Å². The third-order valence-corrected chi connectivity index (χ3v) is 5.77. The van der Waals surface area contributed by atoms with Crippen molar-refractivity contribution in [1.29, 1.82) is 0 Å². The van der Waals surface area contributed by atoms with E-state index in [0.717, 1.165) is 24.2 Å². The SMILES string of the molecule is COc1ccc(Cn2nnnc2S[C@H](C(=O)NC2CC2)c2ccc(F)cc2)cc1. The number of hydrogen-bond acceptors (Lipinski definition) is 6.